The highest BCUT2D eigenvalue weighted by molar-refractivity contribution is 7.86. The second-order valence-electron chi connectivity index (χ2n) is 5.03. The van der Waals surface area contributed by atoms with Gasteiger partial charge in [0.15, 0.2) is 0 Å². The fourth-order valence-corrected chi connectivity index (χ4v) is 4.06. The third-order valence-electron chi connectivity index (χ3n) is 3.33. The monoisotopic (exact) mass is 339 g/mol. The van der Waals surface area contributed by atoms with Crippen LogP contribution >= 0.6 is 11.3 Å². The van der Waals surface area contributed by atoms with E-state index in [2.05, 4.69) is 4.98 Å². The lowest BCUT2D eigenvalue weighted by Crippen LogP contribution is -2.41. The Balaban J connectivity index is 2.12. The van der Waals surface area contributed by atoms with Crippen molar-refractivity contribution in [2.24, 2.45) is 0 Å². The van der Waals surface area contributed by atoms with Gasteiger partial charge in [-0.25, -0.2) is 4.98 Å². The maximum Gasteiger partial charge on any atom is 0.282 e. The maximum absolute atomic E-state index is 12.7. The molecule has 0 atom stereocenters. The topological polar surface area (TPSA) is 53.5 Å². The number of rotatable bonds is 7. The van der Waals surface area contributed by atoms with Gasteiger partial charge >= 0.3 is 0 Å². The summed E-state index contributed by atoms with van der Waals surface area (Å²) in [6.45, 7) is 4.85. The maximum atomic E-state index is 12.7. The van der Waals surface area contributed by atoms with Gasteiger partial charge in [0.1, 0.15) is 0 Å². The Morgan fingerprint density at radius 3 is 2.41 bits per heavy atom. The summed E-state index contributed by atoms with van der Waals surface area (Å²) in [5.41, 5.74) is 1.76. The van der Waals surface area contributed by atoms with Crippen LogP contribution in [0.15, 0.2) is 35.7 Å². The van der Waals surface area contributed by atoms with E-state index in [1.807, 2.05) is 49.6 Å². The molecule has 1 heterocycles. The van der Waals surface area contributed by atoms with Gasteiger partial charge in [-0.1, -0.05) is 37.3 Å². The summed E-state index contributed by atoms with van der Waals surface area (Å²) in [4.78, 5) is 4.33. The van der Waals surface area contributed by atoms with E-state index in [0.29, 0.717) is 13.1 Å². The zero-order chi connectivity index (χ0) is 16.2. The van der Waals surface area contributed by atoms with E-state index in [9.17, 15) is 8.42 Å². The molecule has 0 fully saturated rings. The fourth-order valence-electron chi connectivity index (χ4n) is 2.13. The molecule has 0 unspecified atom stereocenters. The number of thiazole rings is 1. The predicted octanol–water partition coefficient (Wildman–Crippen LogP) is 2.65. The molecular weight excluding hydrogens is 318 g/mol. The summed E-state index contributed by atoms with van der Waals surface area (Å²) in [5.74, 6) is 0. The van der Waals surface area contributed by atoms with Gasteiger partial charge in [-0.3, -0.25) is 0 Å². The first-order valence-corrected chi connectivity index (χ1v) is 9.37. The van der Waals surface area contributed by atoms with Crippen LogP contribution in [0.3, 0.4) is 0 Å². The summed E-state index contributed by atoms with van der Waals surface area (Å²) in [7, 11) is -1.91. The Bertz CT molecular complexity index is 699. The molecule has 0 aliphatic rings. The third-order valence-corrected chi connectivity index (χ3v) is 6.10. The van der Waals surface area contributed by atoms with E-state index in [0.717, 1.165) is 16.3 Å². The first kappa shape index (κ1) is 17.1. The smallest absolute Gasteiger partial charge is 0.245 e. The van der Waals surface area contributed by atoms with Gasteiger partial charge < -0.3 is 0 Å². The molecule has 120 valence electrons. The lowest BCUT2D eigenvalue weighted by Gasteiger charge is -2.26. The average Bonchev–Trinajstić information content (AvgIpc) is 2.90. The highest BCUT2D eigenvalue weighted by Crippen LogP contribution is 2.16. The Labute approximate surface area is 136 Å². The van der Waals surface area contributed by atoms with Gasteiger partial charge in [-0.15, -0.1) is 11.3 Å². The van der Waals surface area contributed by atoms with Gasteiger partial charge in [0.05, 0.1) is 17.2 Å². The van der Waals surface area contributed by atoms with Crippen LogP contribution in [0.25, 0.3) is 0 Å². The van der Waals surface area contributed by atoms with Crippen LogP contribution in [0, 0.1) is 6.92 Å². The normalized spacial score (nSPS) is 12.2. The standard InChI is InChI=1S/C15H21N3O2S2/c1-4-18(10-14-8-6-5-7-9-14)22(19,20)17(3)11-15-12-21-13(2)16-15/h5-9,12H,4,10-11H2,1-3H3. The van der Waals surface area contributed by atoms with E-state index < -0.39 is 10.2 Å². The second kappa shape index (κ2) is 7.32. The summed E-state index contributed by atoms with van der Waals surface area (Å²) in [6, 6.07) is 9.62. The minimum Gasteiger partial charge on any atom is -0.245 e. The molecule has 0 spiro atoms. The molecule has 7 heteroatoms. The van der Waals surface area contributed by atoms with Crippen LogP contribution in [-0.2, 0) is 23.3 Å². The molecule has 1 aromatic heterocycles. The van der Waals surface area contributed by atoms with Crippen molar-refractivity contribution in [3.05, 3.63) is 52.0 Å². The number of hydrogen-bond acceptors (Lipinski definition) is 4. The van der Waals surface area contributed by atoms with Gasteiger partial charge in [-0.05, 0) is 12.5 Å². The van der Waals surface area contributed by atoms with Crippen molar-refractivity contribution in [1.82, 2.24) is 13.6 Å². The van der Waals surface area contributed by atoms with Gasteiger partial charge in [0.25, 0.3) is 10.2 Å². The van der Waals surface area contributed by atoms with Crippen molar-refractivity contribution in [1.29, 1.82) is 0 Å². The SMILES string of the molecule is CCN(Cc1ccccc1)S(=O)(=O)N(C)Cc1csc(C)n1. The molecule has 2 rings (SSSR count). The Hall–Kier alpha value is -1.28. The zero-order valence-corrected chi connectivity index (χ0v) is 14.7. The first-order chi connectivity index (χ1) is 10.4. The molecule has 5 nitrogen and oxygen atoms in total. The minimum absolute atomic E-state index is 0.290. The van der Waals surface area contributed by atoms with Gasteiger partial charge in [0, 0.05) is 25.5 Å². The van der Waals surface area contributed by atoms with Gasteiger partial charge in [-0.2, -0.15) is 17.0 Å². The molecule has 0 bridgehead atoms. The first-order valence-electron chi connectivity index (χ1n) is 7.09. The van der Waals surface area contributed by atoms with Crippen molar-refractivity contribution in [2.75, 3.05) is 13.6 Å². The minimum atomic E-state index is -3.51. The molecule has 0 N–H and O–H groups in total. The molecular formula is C15H21N3O2S2. The average molecular weight is 339 g/mol. The highest BCUT2D eigenvalue weighted by Gasteiger charge is 2.26. The molecule has 0 aliphatic carbocycles. The molecule has 0 saturated carbocycles. The van der Waals surface area contributed by atoms with Crippen LogP contribution in [0.5, 0.6) is 0 Å². The van der Waals surface area contributed by atoms with Crippen LogP contribution in [-0.4, -0.2) is 35.6 Å². The van der Waals surface area contributed by atoms with E-state index in [4.69, 9.17) is 0 Å². The Kier molecular flexibility index (Phi) is 5.69. The van der Waals surface area contributed by atoms with Crippen LogP contribution in [0.2, 0.25) is 0 Å². The van der Waals surface area contributed by atoms with Gasteiger partial charge in [0.2, 0.25) is 0 Å². The molecule has 0 saturated heterocycles. The van der Waals surface area contributed by atoms with Crippen molar-refractivity contribution in [2.45, 2.75) is 26.9 Å². The molecule has 0 radical (unpaired) electrons. The summed E-state index contributed by atoms with van der Waals surface area (Å²) >= 11 is 1.53. The Morgan fingerprint density at radius 1 is 1.18 bits per heavy atom. The molecule has 2 aromatic rings. The third kappa shape index (κ3) is 4.13. The second-order valence-corrected chi connectivity index (χ2v) is 8.13. The molecule has 0 aliphatic heterocycles. The molecule has 22 heavy (non-hydrogen) atoms. The predicted molar refractivity (Wildman–Crippen MR) is 89.8 cm³/mol. The van der Waals surface area contributed by atoms with Crippen molar-refractivity contribution >= 4 is 21.5 Å². The molecule has 1 aromatic carbocycles. The largest absolute Gasteiger partial charge is 0.282 e. The molecule has 0 amide bonds. The lowest BCUT2D eigenvalue weighted by atomic mass is 10.2. The summed E-state index contributed by atoms with van der Waals surface area (Å²) in [6.07, 6.45) is 0. The lowest BCUT2D eigenvalue weighted by molar-refractivity contribution is 0.360. The van der Waals surface area contributed by atoms with Crippen molar-refractivity contribution in [3.63, 3.8) is 0 Å². The quantitative estimate of drug-likeness (QED) is 0.779. The van der Waals surface area contributed by atoms with Crippen LogP contribution in [0.4, 0.5) is 0 Å². The van der Waals surface area contributed by atoms with E-state index in [-0.39, 0.29) is 6.54 Å². The number of hydrogen-bond donors (Lipinski definition) is 0. The van der Waals surface area contributed by atoms with Crippen molar-refractivity contribution in [3.8, 4) is 0 Å². The van der Waals surface area contributed by atoms with E-state index in [1.54, 1.807) is 7.05 Å². The van der Waals surface area contributed by atoms with Crippen LogP contribution < -0.4 is 0 Å². The Morgan fingerprint density at radius 2 is 1.86 bits per heavy atom. The number of aromatic nitrogens is 1. The summed E-state index contributed by atoms with van der Waals surface area (Å²) in [5, 5.41) is 2.84. The number of aryl methyl sites for hydroxylation is 1. The van der Waals surface area contributed by atoms with Crippen LogP contribution in [0.1, 0.15) is 23.2 Å². The van der Waals surface area contributed by atoms with Crippen molar-refractivity contribution < 1.29 is 8.42 Å². The fraction of sp³-hybridized carbons (Fsp3) is 0.400. The summed E-state index contributed by atoms with van der Waals surface area (Å²) < 4.78 is 28.2. The number of nitrogens with zero attached hydrogens (tertiary/aromatic N) is 3. The zero-order valence-electron chi connectivity index (χ0n) is 13.1. The van der Waals surface area contributed by atoms with E-state index in [1.165, 1.54) is 19.9 Å². The number of benzene rings is 1. The van der Waals surface area contributed by atoms with E-state index >= 15 is 0 Å². The highest BCUT2D eigenvalue weighted by atomic mass is 32.2.